The smallest absolute Gasteiger partial charge is 0.315 e. The Bertz CT molecular complexity index is 273. The molecule has 0 aromatic heterocycles. The Morgan fingerprint density at radius 3 is 2.41 bits per heavy atom. The number of hydrogen-bond acceptors (Lipinski definition) is 2. The summed E-state index contributed by atoms with van der Waals surface area (Å²) in [6.07, 6.45) is 6.57. The molecule has 0 aromatic rings. The zero-order valence-corrected chi connectivity index (χ0v) is 10.9. The first-order valence-electron chi connectivity index (χ1n) is 6.76. The summed E-state index contributed by atoms with van der Waals surface area (Å²) in [6, 6.07) is 0.641. The highest BCUT2D eigenvalue weighted by Crippen LogP contribution is 2.24. The van der Waals surface area contributed by atoms with Gasteiger partial charge in [-0.05, 0) is 39.5 Å². The summed E-state index contributed by atoms with van der Waals surface area (Å²) < 4.78 is 5.64. The Morgan fingerprint density at radius 1 is 1.12 bits per heavy atom. The number of rotatable bonds is 2. The van der Waals surface area contributed by atoms with Crippen LogP contribution < -0.4 is 10.6 Å². The minimum absolute atomic E-state index is 0.000370. The third kappa shape index (κ3) is 3.87. The fraction of sp³-hybridized carbons (Fsp3) is 0.923. The van der Waals surface area contributed by atoms with E-state index in [1.54, 1.807) is 0 Å². The molecule has 4 nitrogen and oxygen atoms in total. The zero-order valence-electron chi connectivity index (χ0n) is 10.9. The molecule has 2 fully saturated rings. The molecule has 1 saturated heterocycles. The molecular weight excluding hydrogens is 216 g/mol. The number of amides is 2. The molecule has 1 aliphatic carbocycles. The van der Waals surface area contributed by atoms with E-state index < -0.39 is 0 Å². The Kier molecular flexibility index (Phi) is 3.92. The largest absolute Gasteiger partial charge is 0.375 e. The van der Waals surface area contributed by atoms with Gasteiger partial charge in [-0.15, -0.1) is 0 Å². The zero-order chi connectivity index (χ0) is 12.3. The molecule has 0 radical (unpaired) electrons. The predicted molar refractivity (Wildman–Crippen MR) is 67.0 cm³/mol. The molecule has 0 aromatic carbocycles. The Morgan fingerprint density at radius 2 is 1.76 bits per heavy atom. The number of hydrogen-bond donors (Lipinski definition) is 2. The van der Waals surface area contributed by atoms with Gasteiger partial charge in [-0.1, -0.05) is 12.8 Å². The lowest BCUT2D eigenvalue weighted by atomic mass is 9.94. The van der Waals surface area contributed by atoms with E-state index in [9.17, 15) is 4.79 Å². The van der Waals surface area contributed by atoms with Gasteiger partial charge in [0, 0.05) is 18.7 Å². The predicted octanol–water partition coefficient (Wildman–Crippen LogP) is 2.19. The van der Waals surface area contributed by atoms with Gasteiger partial charge in [-0.25, -0.2) is 4.79 Å². The molecule has 98 valence electrons. The summed E-state index contributed by atoms with van der Waals surface area (Å²) >= 11 is 0. The van der Waals surface area contributed by atoms with Crippen LogP contribution in [0.15, 0.2) is 0 Å². The first-order chi connectivity index (χ1) is 8.05. The summed E-state index contributed by atoms with van der Waals surface area (Å²) in [5, 5.41) is 6.13. The molecule has 1 atom stereocenters. The van der Waals surface area contributed by atoms with Gasteiger partial charge in [0.05, 0.1) is 5.60 Å². The lowest BCUT2D eigenvalue weighted by Crippen LogP contribution is -2.50. The molecule has 1 aliphatic heterocycles. The van der Waals surface area contributed by atoms with E-state index in [2.05, 4.69) is 24.5 Å². The van der Waals surface area contributed by atoms with Crippen LogP contribution in [0.25, 0.3) is 0 Å². The average molecular weight is 240 g/mol. The molecule has 2 N–H and O–H groups in total. The average Bonchev–Trinajstić information content (AvgIpc) is 2.68. The van der Waals surface area contributed by atoms with Crippen LogP contribution in [0.5, 0.6) is 0 Å². The van der Waals surface area contributed by atoms with Gasteiger partial charge in [0.2, 0.25) is 0 Å². The normalized spacial score (nSPS) is 28.9. The minimum atomic E-state index is -0.108. The third-order valence-electron chi connectivity index (χ3n) is 3.72. The molecule has 1 heterocycles. The van der Waals surface area contributed by atoms with Gasteiger partial charge in [0.15, 0.2) is 0 Å². The maximum atomic E-state index is 11.8. The van der Waals surface area contributed by atoms with Crippen molar-refractivity contribution in [1.82, 2.24) is 10.6 Å². The number of carbonyl (C=O) groups excluding carboxylic acids is 1. The topological polar surface area (TPSA) is 50.4 Å². The number of nitrogens with one attached hydrogen (secondary N) is 2. The number of carbonyl (C=O) groups is 1. The maximum Gasteiger partial charge on any atom is 0.315 e. The van der Waals surface area contributed by atoms with Gasteiger partial charge in [0.25, 0.3) is 0 Å². The van der Waals surface area contributed by atoms with E-state index in [-0.39, 0.29) is 17.7 Å². The highest BCUT2D eigenvalue weighted by molar-refractivity contribution is 5.74. The second kappa shape index (κ2) is 5.25. The summed E-state index contributed by atoms with van der Waals surface area (Å²) in [5.74, 6) is 0. The van der Waals surface area contributed by atoms with E-state index in [1.165, 1.54) is 12.8 Å². The lowest BCUT2D eigenvalue weighted by Gasteiger charge is -2.35. The van der Waals surface area contributed by atoms with Crippen LogP contribution in [-0.2, 0) is 4.74 Å². The van der Waals surface area contributed by atoms with E-state index in [1.807, 2.05) is 0 Å². The highest BCUT2D eigenvalue weighted by atomic mass is 16.5. The van der Waals surface area contributed by atoms with E-state index in [0.717, 1.165) is 32.3 Å². The van der Waals surface area contributed by atoms with Crippen molar-refractivity contribution in [2.24, 2.45) is 0 Å². The fourth-order valence-electron chi connectivity index (χ4n) is 2.84. The van der Waals surface area contributed by atoms with Crippen LogP contribution in [0.4, 0.5) is 4.79 Å². The number of ether oxygens (including phenoxy) is 1. The lowest BCUT2D eigenvalue weighted by molar-refractivity contribution is -0.0611. The molecule has 1 unspecified atom stereocenters. The third-order valence-corrected chi connectivity index (χ3v) is 3.72. The summed E-state index contributed by atoms with van der Waals surface area (Å²) in [7, 11) is 0. The van der Waals surface area contributed by atoms with Crippen molar-refractivity contribution in [2.45, 2.75) is 70.1 Å². The first-order valence-corrected chi connectivity index (χ1v) is 6.76. The van der Waals surface area contributed by atoms with Crippen LogP contribution in [0.2, 0.25) is 0 Å². The molecule has 17 heavy (non-hydrogen) atoms. The first kappa shape index (κ1) is 12.7. The number of urea groups is 1. The van der Waals surface area contributed by atoms with Crippen molar-refractivity contribution in [3.05, 3.63) is 0 Å². The van der Waals surface area contributed by atoms with Crippen LogP contribution in [0, 0.1) is 0 Å². The Balaban J connectivity index is 1.74. The van der Waals surface area contributed by atoms with Gasteiger partial charge in [-0.3, -0.25) is 0 Å². The Hall–Kier alpha value is -0.770. The van der Waals surface area contributed by atoms with Crippen molar-refractivity contribution in [3.63, 3.8) is 0 Å². The quantitative estimate of drug-likeness (QED) is 0.777. The molecule has 1 saturated carbocycles. The second-order valence-corrected chi connectivity index (χ2v) is 5.90. The molecule has 2 rings (SSSR count). The monoisotopic (exact) mass is 240 g/mol. The maximum absolute atomic E-state index is 11.8. The van der Waals surface area contributed by atoms with Crippen molar-refractivity contribution >= 4 is 6.03 Å². The molecule has 0 bridgehead atoms. The molecule has 0 spiro atoms. The van der Waals surface area contributed by atoms with Crippen molar-refractivity contribution in [2.75, 3.05) is 6.61 Å². The Labute approximate surface area is 103 Å². The van der Waals surface area contributed by atoms with Crippen LogP contribution in [0.1, 0.15) is 52.4 Å². The van der Waals surface area contributed by atoms with Gasteiger partial charge < -0.3 is 15.4 Å². The fourth-order valence-corrected chi connectivity index (χ4v) is 2.84. The van der Waals surface area contributed by atoms with Crippen molar-refractivity contribution < 1.29 is 9.53 Å². The molecule has 4 heteroatoms. The second-order valence-electron chi connectivity index (χ2n) is 5.90. The summed E-state index contributed by atoms with van der Waals surface area (Å²) in [5.41, 5.74) is -0.108. The van der Waals surface area contributed by atoms with Gasteiger partial charge in [-0.2, -0.15) is 0 Å². The van der Waals surface area contributed by atoms with Gasteiger partial charge in [0.1, 0.15) is 0 Å². The summed E-state index contributed by atoms with van der Waals surface area (Å²) in [6.45, 7) is 4.90. The van der Waals surface area contributed by atoms with Crippen LogP contribution >= 0.6 is 0 Å². The van der Waals surface area contributed by atoms with E-state index in [0.29, 0.717) is 6.04 Å². The van der Waals surface area contributed by atoms with E-state index in [4.69, 9.17) is 4.74 Å². The standard InChI is InChI=1S/C13H24N2O2/c1-13(2)9-11(7-8-17-13)15-12(16)14-10-5-3-4-6-10/h10-11H,3-9H2,1-2H3,(H2,14,15,16). The van der Waals surface area contributed by atoms with E-state index >= 15 is 0 Å². The van der Waals surface area contributed by atoms with Crippen LogP contribution in [-0.4, -0.2) is 30.3 Å². The molecule has 2 amide bonds. The minimum Gasteiger partial charge on any atom is -0.375 e. The highest BCUT2D eigenvalue weighted by Gasteiger charge is 2.30. The summed E-state index contributed by atoms with van der Waals surface area (Å²) in [4.78, 5) is 11.8. The van der Waals surface area contributed by atoms with Crippen molar-refractivity contribution in [3.8, 4) is 0 Å². The molecule has 2 aliphatic rings. The molecular formula is C13H24N2O2. The van der Waals surface area contributed by atoms with Crippen LogP contribution in [0.3, 0.4) is 0 Å². The van der Waals surface area contributed by atoms with Crippen molar-refractivity contribution in [1.29, 1.82) is 0 Å². The van der Waals surface area contributed by atoms with Gasteiger partial charge >= 0.3 is 6.03 Å². The SMILES string of the molecule is CC1(C)CC(NC(=O)NC2CCCC2)CCO1.